The van der Waals surface area contributed by atoms with Gasteiger partial charge in [0, 0.05) is 17.3 Å². The number of hydrogen-bond acceptors (Lipinski definition) is 5. The summed E-state index contributed by atoms with van der Waals surface area (Å²) in [4.78, 5) is 16.2. The molecule has 0 aliphatic carbocycles. The van der Waals surface area contributed by atoms with E-state index in [0.29, 0.717) is 22.6 Å². The van der Waals surface area contributed by atoms with Gasteiger partial charge in [-0.15, -0.1) is 0 Å². The molecule has 112 valence electrons. The van der Waals surface area contributed by atoms with Crippen LogP contribution >= 0.6 is 0 Å². The number of carbonyl (C=O) groups is 1. The van der Waals surface area contributed by atoms with E-state index in [1.165, 1.54) is 6.21 Å². The van der Waals surface area contributed by atoms with Crippen LogP contribution < -0.4 is 9.47 Å². The van der Waals surface area contributed by atoms with E-state index >= 15 is 0 Å². The van der Waals surface area contributed by atoms with Crippen LogP contribution in [0.25, 0.3) is 0 Å². The molecule has 2 aromatic carbocycles. The smallest absolute Gasteiger partial charge is 0.231 e. The van der Waals surface area contributed by atoms with Crippen molar-refractivity contribution in [1.82, 2.24) is 0 Å². The molecule has 3 rings (SSSR count). The van der Waals surface area contributed by atoms with E-state index < -0.39 is 0 Å². The van der Waals surface area contributed by atoms with Crippen molar-refractivity contribution in [2.45, 2.75) is 6.92 Å². The van der Waals surface area contributed by atoms with Gasteiger partial charge in [0.2, 0.25) is 6.79 Å². The second kappa shape index (κ2) is 5.89. The maximum Gasteiger partial charge on any atom is 0.231 e. The van der Waals surface area contributed by atoms with Crippen molar-refractivity contribution >= 4 is 12.0 Å². The van der Waals surface area contributed by atoms with Crippen LogP contribution in [0, 0.1) is 6.92 Å². The van der Waals surface area contributed by atoms with Crippen molar-refractivity contribution in [3.05, 3.63) is 53.1 Å². The number of rotatable bonds is 4. The largest absolute Gasteiger partial charge is 0.507 e. The number of ketones is 1. The molecule has 0 unspecified atom stereocenters. The number of carbonyl (C=O) groups excluding carboxylic acids is 1. The molecular weight excluding hydrogens is 282 g/mol. The zero-order valence-electron chi connectivity index (χ0n) is 12.1. The van der Waals surface area contributed by atoms with Gasteiger partial charge >= 0.3 is 0 Å². The van der Waals surface area contributed by atoms with Gasteiger partial charge < -0.3 is 14.6 Å². The summed E-state index contributed by atoms with van der Waals surface area (Å²) in [5.41, 5.74) is 2.07. The van der Waals surface area contributed by atoms with Gasteiger partial charge in [0.1, 0.15) is 12.3 Å². The number of benzene rings is 2. The van der Waals surface area contributed by atoms with Crippen molar-refractivity contribution < 1.29 is 19.4 Å². The lowest BCUT2D eigenvalue weighted by atomic mass is 10.1. The Balaban J connectivity index is 1.68. The van der Waals surface area contributed by atoms with E-state index in [1.54, 1.807) is 30.3 Å². The first kappa shape index (κ1) is 14.1. The zero-order chi connectivity index (χ0) is 15.5. The monoisotopic (exact) mass is 297 g/mol. The van der Waals surface area contributed by atoms with Crippen LogP contribution in [0.4, 0.5) is 0 Å². The Morgan fingerprint density at radius 3 is 2.86 bits per heavy atom. The third-order valence-electron chi connectivity index (χ3n) is 3.35. The number of aryl methyl sites for hydroxylation is 1. The summed E-state index contributed by atoms with van der Waals surface area (Å²) in [6.07, 6.45) is 1.50. The van der Waals surface area contributed by atoms with Gasteiger partial charge in [-0.25, -0.2) is 0 Å². The van der Waals surface area contributed by atoms with Gasteiger partial charge in [0.05, 0.1) is 0 Å². The molecule has 5 heteroatoms. The molecule has 5 nitrogen and oxygen atoms in total. The fraction of sp³-hybridized carbons (Fsp3) is 0.176. The highest BCUT2D eigenvalue weighted by molar-refractivity contribution is 5.99. The van der Waals surface area contributed by atoms with Crippen molar-refractivity contribution in [1.29, 1.82) is 0 Å². The minimum atomic E-state index is -0.124. The number of Topliss-reactive ketones (excluding diaryl/α,β-unsaturated/α-hetero) is 1. The number of phenols is 1. The molecular formula is C17H15NO4. The highest BCUT2D eigenvalue weighted by atomic mass is 16.7. The third kappa shape index (κ3) is 2.93. The Morgan fingerprint density at radius 1 is 1.23 bits per heavy atom. The average molecular weight is 297 g/mol. The van der Waals surface area contributed by atoms with Gasteiger partial charge in [-0.05, 0) is 42.8 Å². The third-order valence-corrected chi connectivity index (χ3v) is 3.35. The van der Waals surface area contributed by atoms with E-state index in [0.717, 1.165) is 5.56 Å². The molecule has 22 heavy (non-hydrogen) atoms. The van der Waals surface area contributed by atoms with Gasteiger partial charge in [-0.2, -0.15) is 0 Å². The van der Waals surface area contributed by atoms with Gasteiger partial charge in [-0.1, -0.05) is 6.07 Å². The van der Waals surface area contributed by atoms with Gasteiger partial charge in [0.15, 0.2) is 17.3 Å². The predicted molar refractivity (Wildman–Crippen MR) is 82.2 cm³/mol. The van der Waals surface area contributed by atoms with Crippen molar-refractivity contribution in [3.8, 4) is 17.2 Å². The Kier molecular flexibility index (Phi) is 3.78. The summed E-state index contributed by atoms with van der Waals surface area (Å²) >= 11 is 0. The van der Waals surface area contributed by atoms with Crippen LogP contribution in [-0.4, -0.2) is 30.4 Å². The molecule has 0 amide bonds. The van der Waals surface area contributed by atoms with Crippen LogP contribution in [0.3, 0.4) is 0 Å². The topological polar surface area (TPSA) is 68.1 Å². The number of phenolic OH excluding ortho intramolecular Hbond substituents is 1. The molecule has 1 aliphatic rings. The summed E-state index contributed by atoms with van der Waals surface area (Å²) in [6.45, 7) is 2.08. The van der Waals surface area contributed by atoms with Crippen molar-refractivity contribution in [2.75, 3.05) is 13.3 Å². The van der Waals surface area contributed by atoms with E-state index in [9.17, 15) is 9.90 Å². The lowest BCUT2D eigenvalue weighted by Gasteiger charge is -2.01. The summed E-state index contributed by atoms with van der Waals surface area (Å²) in [6, 6.07) is 10.4. The normalized spacial score (nSPS) is 12.8. The first-order chi connectivity index (χ1) is 10.6. The maximum absolute atomic E-state index is 12.1. The number of hydrogen-bond donors (Lipinski definition) is 1. The maximum atomic E-state index is 12.1. The standard InChI is InChI=1S/C17H15NO4/c1-11-2-3-13(14(19)6-11)8-18-9-15(20)12-4-5-16-17(7-12)22-10-21-16/h2-8,19H,9-10H2,1H3. The molecule has 0 bridgehead atoms. The minimum Gasteiger partial charge on any atom is -0.507 e. The van der Waals surface area contributed by atoms with Crippen LogP contribution in [-0.2, 0) is 0 Å². The molecule has 0 atom stereocenters. The first-order valence-corrected chi connectivity index (χ1v) is 6.86. The van der Waals surface area contributed by atoms with E-state index in [1.807, 2.05) is 13.0 Å². The molecule has 1 N–H and O–H groups in total. The van der Waals surface area contributed by atoms with E-state index in [4.69, 9.17) is 9.47 Å². The number of aliphatic imine (C=N–C) groups is 1. The van der Waals surface area contributed by atoms with Gasteiger partial charge in [0.25, 0.3) is 0 Å². The molecule has 0 saturated heterocycles. The van der Waals surface area contributed by atoms with Crippen LogP contribution in [0.5, 0.6) is 17.2 Å². The highest BCUT2D eigenvalue weighted by Crippen LogP contribution is 2.32. The zero-order valence-corrected chi connectivity index (χ0v) is 12.1. The van der Waals surface area contributed by atoms with Gasteiger partial charge in [-0.3, -0.25) is 9.79 Å². The molecule has 2 aromatic rings. The minimum absolute atomic E-state index is 0.00690. The fourth-order valence-electron chi connectivity index (χ4n) is 2.15. The second-order valence-electron chi connectivity index (χ2n) is 5.02. The lowest BCUT2D eigenvalue weighted by Crippen LogP contribution is -2.03. The SMILES string of the molecule is Cc1ccc(C=NCC(=O)c2ccc3c(c2)OCO3)c(O)c1. The number of aromatic hydroxyl groups is 1. The Morgan fingerprint density at radius 2 is 2.05 bits per heavy atom. The quantitative estimate of drug-likeness (QED) is 0.696. The molecule has 0 fully saturated rings. The first-order valence-electron chi connectivity index (χ1n) is 6.86. The second-order valence-corrected chi connectivity index (χ2v) is 5.02. The summed E-state index contributed by atoms with van der Waals surface area (Å²) in [5, 5.41) is 9.77. The Labute approximate surface area is 127 Å². The van der Waals surface area contributed by atoms with Crippen LogP contribution in [0.1, 0.15) is 21.5 Å². The number of nitrogens with zero attached hydrogens (tertiary/aromatic N) is 1. The summed E-state index contributed by atoms with van der Waals surface area (Å²) < 4.78 is 10.4. The van der Waals surface area contributed by atoms with E-state index in [2.05, 4.69) is 4.99 Å². The lowest BCUT2D eigenvalue weighted by molar-refractivity contribution is 0.100. The van der Waals surface area contributed by atoms with Crippen LogP contribution in [0.2, 0.25) is 0 Å². The number of ether oxygens (including phenoxy) is 2. The fourth-order valence-corrected chi connectivity index (χ4v) is 2.15. The molecule has 0 radical (unpaired) electrons. The van der Waals surface area contributed by atoms with E-state index in [-0.39, 0.29) is 24.9 Å². The Bertz CT molecular complexity index is 752. The summed E-state index contributed by atoms with van der Waals surface area (Å²) in [5.74, 6) is 1.25. The summed E-state index contributed by atoms with van der Waals surface area (Å²) in [7, 11) is 0. The van der Waals surface area contributed by atoms with Crippen molar-refractivity contribution in [2.24, 2.45) is 4.99 Å². The van der Waals surface area contributed by atoms with Crippen LogP contribution in [0.15, 0.2) is 41.4 Å². The molecule has 1 heterocycles. The predicted octanol–water partition coefficient (Wildman–Crippen LogP) is 2.73. The molecule has 1 aliphatic heterocycles. The van der Waals surface area contributed by atoms with Crippen molar-refractivity contribution in [3.63, 3.8) is 0 Å². The molecule has 0 saturated carbocycles. The molecule has 0 spiro atoms. The average Bonchev–Trinajstić information content (AvgIpc) is 2.96. The number of fused-ring (bicyclic) bond motifs is 1. The molecule has 0 aromatic heterocycles. The Hall–Kier alpha value is -2.82. The highest BCUT2D eigenvalue weighted by Gasteiger charge is 2.15.